The van der Waals surface area contributed by atoms with Crippen LogP contribution in [0, 0.1) is 12.8 Å². The zero-order valence-electron chi connectivity index (χ0n) is 18.8. The van der Waals surface area contributed by atoms with Crippen LogP contribution in [-0.2, 0) is 27.0 Å². The number of carbonyl (C=O) groups excluding carboxylic acids is 1. The summed E-state index contributed by atoms with van der Waals surface area (Å²) in [5.41, 5.74) is 4.44. The molecule has 3 rings (SSSR count). The summed E-state index contributed by atoms with van der Waals surface area (Å²) >= 11 is 0. The van der Waals surface area contributed by atoms with E-state index in [1.165, 1.54) is 15.4 Å². The first-order chi connectivity index (χ1) is 14.7. The lowest BCUT2D eigenvalue weighted by atomic mass is 9.97. The second kappa shape index (κ2) is 10.4. The van der Waals surface area contributed by atoms with Gasteiger partial charge in [0.2, 0.25) is 15.9 Å². The highest BCUT2D eigenvalue weighted by Crippen LogP contribution is 2.22. The van der Waals surface area contributed by atoms with Crippen molar-refractivity contribution in [2.75, 3.05) is 19.6 Å². The summed E-state index contributed by atoms with van der Waals surface area (Å²) in [6.07, 6.45) is 1.94. The fourth-order valence-corrected chi connectivity index (χ4v) is 5.49. The lowest BCUT2D eigenvalue weighted by Crippen LogP contribution is -2.43. The summed E-state index contributed by atoms with van der Waals surface area (Å²) in [6.45, 7) is 7.75. The first-order valence-electron chi connectivity index (χ1n) is 11.1. The summed E-state index contributed by atoms with van der Waals surface area (Å²) in [4.78, 5) is 12.5. The third-order valence-corrected chi connectivity index (χ3v) is 7.90. The van der Waals surface area contributed by atoms with Crippen LogP contribution in [0.4, 0.5) is 0 Å². The Morgan fingerprint density at radius 3 is 2.16 bits per heavy atom. The van der Waals surface area contributed by atoms with E-state index >= 15 is 0 Å². The molecule has 0 unspecified atom stereocenters. The lowest BCUT2D eigenvalue weighted by molar-refractivity contribution is -0.126. The van der Waals surface area contributed by atoms with Gasteiger partial charge in [-0.3, -0.25) is 4.79 Å². The molecular formula is C25H34N2O3S. The minimum Gasteiger partial charge on any atom is -0.356 e. The molecule has 0 atom stereocenters. The third-order valence-electron chi connectivity index (χ3n) is 6.05. The molecule has 1 saturated heterocycles. The molecule has 0 radical (unpaired) electrons. The fourth-order valence-electron chi connectivity index (χ4n) is 3.93. The van der Waals surface area contributed by atoms with Crippen molar-refractivity contribution >= 4 is 15.9 Å². The van der Waals surface area contributed by atoms with Crippen LogP contribution in [-0.4, -0.2) is 38.3 Å². The van der Waals surface area contributed by atoms with Crippen LogP contribution in [0.1, 0.15) is 54.9 Å². The van der Waals surface area contributed by atoms with Crippen molar-refractivity contribution in [1.29, 1.82) is 0 Å². The van der Waals surface area contributed by atoms with Gasteiger partial charge in [-0.05, 0) is 48.8 Å². The summed E-state index contributed by atoms with van der Waals surface area (Å²) in [5, 5.41) is 3.03. The molecule has 0 saturated carbocycles. The van der Waals surface area contributed by atoms with Gasteiger partial charge in [-0.1, -0.05) is 67.9 Å². The molecule has 168 valence electrons. The molecule has 0 spiro atoms. The predicted molar refractivity (Wildman–Crippen MR) is 125 cm³/mol. The van der Waals surface area contributed by atoms with Gasteiger partial charge < -0.3 is 5.32 Å². The molecule has 2 aromatic rings. The number of aryl methyl sites for hydroxylation is 1. The Morgan fingerprint density at radius 1 is 1.00 bits per heavy atom. The van der Waals surface area contributed by atoms with E-state index in [-0.39, 0.29) is 17.6 Å². The Balaban J connectivity index is 1.43. The van der Waals surface area contributed by atoms with Gasteiger partial charge >= 0.3 is 0 Å². The normalized spacial score (nSPS) is 15.9. The van der Waals surface area contributed by atoms with Crippen molar-refractivity contribution in [2.24, 2.45) is 5.92 Å². The van der Waals surface area contributed by atoms with Crippen molar-refractivity contribution in [3.63, 3.8) is 0 Å². The highest BCUT2D eigenvalue weighted by Gasteiger charge is 2.31. The SMILES string of the molecule is Cc1ccc(CS(=O)(=O)N2CCC(C(=O)NCCc3ccc(C(C)C)cc3)CC2)cc1. The number of nitrogens with zero attached hydrogens (tertiary/aromatic N) is 1. The molecule has 5 nitrogen and oxygen atoms in total. The van der Waals surface area contributed by atoms with Gasteiger partial charge in [0.25, 0.3) is 0 Å². The molecule has 1 heterocycles. The number of benzene rings is 2. The van der Waals surface area contributed by atoms with E-state index in [0.717, 1.165) is 17.5 Å². The van der Waals surface area contributed by atoms with E-state index < -0.39 is 10.0 Å². The minimum absolute atomic E-state index is 0.0136. The Labute approximate surface area is 186 Å². The molecule has 1 aliphatic heterocycles. The number of piperidine rings is 1. The van der Waals surface area contributed by atoms with E-state index in [1.54, 1.807) is 0 Å². The van der Waals surface area contributed by atoms with Crippen LogP contribution in [0.25, 0.3) is 0 Å². The second-order valence-corrected chi connectivity index (χ2v) is 10.8. The number of sulfonamides is 1. The maximum absolute atomic E-state index is 12.7. The first kappa shape index (κ1) is 23.5. The van der Waals surface area contributed by atoms with Gasteiger partial charge in [-0.15, -0.1) is 0 Å². The molecule has 0 bridgehead atoms. The van der Waals surface area contributed by atoms with E-state index in [4.69, 9.17) is 0 Å². The molecule has 6 heteroatoms. The largest absolute Gasteiger partial charge is 0.356 e. The van der Waals surface area contributed by atoms with Crippen molar-refractivity contribution in [2.45, 2.75) is 51.7 Å². The average Bonchev–Trinajstić information content (AvgIpc) is 2.75. The molecule has 0 aromatic heterocycles. The Hall–Kier alpha value is -2.18. The van der Waals surface area contributed by atoms with Crippen molar-refractivity contribution in [1.82, 2.24) is 9.62 Å². The van der Waals surface area contributed by atoms with Gasteiger partial charge in [0, 0.05) is 25.6 Å². The number of carbonyl (C=O) groups is 1. The molecular weight excluding hydrogens is 408 g/mol. The number of amides is 1. The van der Waals surface area contributed by atoms with Crippen LogP contribution in [0.5, 0.6) is 0 Å². The summed E-state index contributed by atoms with van der Waals surface area (Å²) in [6, 6.07) is 16.1. The maximum Gasteiger partial charge on any atom is 0.223 e. The van der Waals surface area contributed by atoms with Gasteiger partial charge in [0.05, 0.1) is 5.75 Å². The van der Waals surface area contributed by atoms with E-state index in [1.807, 2.05) is 31.2 Å². The summed E-state index contributed by atoms with van der Waals surface area (Å²) in [7, 11) is -3.36. The molecule has 2 aromatic carbocycles. The second-order valence-electron chi connectivity index (χ2n) is 8.85. The average molecular weight is 443 g/mol. The van der Waals surface area contributed by atoms with Crippen LogP contribution in [0.15, 0.2) is 48.5 Å². The highest BCUT2D eigenvalue weighted by molar-refractivity contribution is 7.88. The Kier molecular flexibility index (Phi) is 7.89. The molecule has 1 N–H and O–H groups in total. The van der Waals surface area contributed by atoms with Crippen LogP contribution in [0.3, 0.4) is 0 Å². The van der Waals surface area contributed by atoms with Gasteiger partial charge in [-0.2, -0.15) is 0 Å². The van der Waals surface area contributed by atoms with Gasteiger partial charge in [0.15, 0.2) is 0 Å². The smallest absolute Gasteiger partial charge is 0.223 e. The standard InChI is InChI=1S/C25H34N2O3S/c1-19(2)23-10-8-21(9-11-23)12-15-26-25(28)24-13-16-27(17-14-24)31(29,30)18-22-6-4-20(3)5-7-22/h4-11,19,24H,12-18H2,1-3H3,(H,26,28). The third kappa shape index (κ3) is 6.65. The van der Waals surface area contributed by atoms with Crippen molar-refractivity contribution < 1.29 is 13.2 Å². The summed E-state index contributed by atoms with van der Waals surface area (Å²) < 4.78 is 27.0. The van der Waals surface area contributed by atoms with Crippen LogP contribution >= 0.6 is 0 Å². The fraction of sp³-hybridized carbons (Fsp3) is 0.480. The van der Waals surface area contributed by atoms with E-state index in [0.29, 0.717) is 38.4 Å². The van der Waals surface area contributed by atoms with Crippen molar-refractivity contribution in [3.05, 3.63) is 70.8 Å². The van der Waals surface area contributed by atoms with E-state index in [9.17, 15) is 13.2 Å². The van der Waals surface area contributed by atoms with E-state index in [2.05, 4.69) is 43.4 Å². The lowest BCUT2D eigenvalue weighted by Gasteiger charge is -2.30. The van der Waals surface area contributed by atoms with Crippen molar-refractivity contribution in [3.8, 4) is 0 Å². The molecule has 1 aliphatic rings. The zero-order chi connectivity index (χ0) is 22.4. The number of nitrogens with one attached hydrogen (secondary N) is 1. The summed E-state index contributed by atoms with van der Waals surface area (Å²) in [5.74, 6) is 0.448. The molecule has 31 heavy (non-hydrogen) atoms. The Bertz CT molecular complexity index is 959. The van der Waals surface area contributed by atoms with Gasteiger partial charge in [-0.25, -0.2) is 12.7 Å². The quantitative estimate of drug-likeness (QED) is 0.671. The number of hydrogen-bond acceptors (Lipinski definition) is 3. The first-order valence-corrected chi connectivity index (χ1v) is 12.8. The molecule has 1 fully saturated rings. The minimum atomic E-state index is -3.36. The number of rotatable bonds is 8. The molecule has 1 amide bonds. The van der Waals surface area contributed by atoms with Gasteiger partial charge in [0.1, 0.15) is 0 Å². The highest BCUT2D eigenvalue weighted by atomic mass is 32.2. The van der Waals surface area contributed by atoms with Crippen LogP contribution < -0.4 is 5.32 Å². The number of hydrogen-bond donors (Lipinski definition) is 1. The maximum atomic E-state index is 12.7. The monoisotopic (exact) mass is 442 g/mol. The topological polar surface area (TPSA) is 66.5 Å². The van der Waals surface area contributed by atoms with Crippen LogP contribution in [0.2, 0.25) is 0 Å². The zero-order valence-corrected chi connectivity index (χ0v) is 19.6. The predicted octanol–water partition coefficient (Wildman–Crippen LogP) is 4.02. The molecule has 0 aliphatic carbocycles. The Morgan fingerprint density at radius 2 is 1.58 bits per heavy atom.